The van der Waals surface area contributed by atoms with Gasteiger partial charge in [0.15, 0.2) is 0 Å². The second-order valence-electron chi connectivity index (χ2n) is 4.47. The summed E-state index contributed by atoms with van der Waals surface area (Å²) in [6.45, 7) is 4.71. The van der Waals surface area contributed by atoms with Gasteiger partial charge >= 0.3 is 0 Å². The van der Waals surface area contributed by atoms with Gasteiger partial charge in [0.05, 0.1) is 5.41 Å². The molecule has 4 nitrogen and oxygen atoms in total. The van der Waals surface area contributed by atoms with Crippen molar-refractivity contribution in [3.05, 3.63) is 24.0 Å². The van der Waals surface area contributed by atoms with Crippen LogP contribution in [0.4, 0.5) is 0 Å². The van der Waals surface area contributed by atoms with E-state index < -0.39 is 5.41 Å². The van der Waals surface area contributed by atoms with Gasteiger partial charge in [0, 0.05) is 32.5 Å². The molecule has 0 saturated carbocycles. The second kappa shape index (κ2) is 4.49. The van der Waals surface area contributed by atoms with E-state index in [0.29, 0.717) is 13.1 Å². The van der Waals surface area contributed by atoms with Gasteiger partial charge in [-0.25, -0.2) is 0 Å². The number of nitrogens with one attached hydrogen (secondary N) is 1. The summed E-state index contributed by atoms with van der Waals surface area (Å²) in [6.07, 6.45) is 3.74. The lowest BCUT2D eigenvalue weighted by Gasteiger charge is -2.27. The van der Waals surface area contributed by atoms with Crippen molar-refractivity contribution in [3.63, 3.8) is 0 Å². The number of aromatic amines is 1. The molecule has 0 bridgehead atoms. The Kier molecular flexibility index (Phi) is 3.52. The summed E-state index contributed by atoms with van der Waals surface area (Å²) in [5, 5.41) is 0. The number of carbonyl (C=O) groups excluding carboxylic acids is 1. The Morgan fingerprint density at radius 3 is 2.73 bits per heavy atom. The third-order valence-corrected chi connectivity index (χ3v) is 2.52. The first-order valence-corrected chi connectivity index (χ1v) is 5.04. The molecule has 0 aliphatic rings. The largest absolute Gasteiger partial charge is 0.367 e. The minimum Gasteiger partial charge on any atom is -0.367 e. The molecule has 0 aliphatic heterocycles. The normalized spacial score (nSPS) is 11.5. The highest BCUT2D eigenvalue weighted by Crippen LogP contribution is 2.17. The van der Waals surface area contributed by atoms with Crippen LogP contribution in [0.1, 0.15) is 19.4 Å². The molecule has 1 amide bonds. The molecule has 0 unspecified atom stereocenters. The summed E-state index contributed by atoms with van der Waals surface area (Å²) in [5.74, 6) is 0.0752. The fourth-order valence-corrected chi connectivity index (χ4v) is 1.41. The van der Waals surface area contributed by atoms with E-state index in [9.17, 15) is 4.79 Å². The van der Waals surface area contributed by atoms with E-state index in [4.69, 9.17) is 5.73 Å². The molecular weight excluding hydrogens is 190 g/mol. The number of H-pyrrole nitrogens is 1. The number of aromatic nitrogens is 1. The van der Waals surface area contributed by atoms with Crippen LogP contribution in [0, 0.1) is 5.41 Å². The summed E-state index contributed by atoms with van der Waals surface area (Å²) in [6, 6.07) is 1.96. The van der Waals surface area contributed by atoms with Crippen molar-refractivity contribution in [2.75, 3.05) is 13.6 Å². The number of hydrogen-bond acceptors (Lipinski definition) is 2. The Labute approximate surface area is 90.5 Å². The summed E-state index contributed by atoms with van der Waals surface area (Å²) in [5.41, 5.74) is 6.18. The number of nitrogens with zero attached hydrogens (tertiary/aromatic N) is 1. The monoisotopic (exact) mass is 209 g/mol. The molecule has 0 aliphatic carbocycles. The highest BCUT2D eigenvalue weighted by Gasteiger charge is 2.28. The van der Waals surface area contributed by atoms with Crippen molar-refractivity contribution in [3.8, 4) is 0 Å². The third kappa shape index (κ3) is 2.83. The van der Waals surface area contributed by atoms with Crippen molar-refractivity contribution in [1.29, 1.82) is 0 Å². The quantitative estimate of drug-likeness (QED) is 0.775. The zero-order valence-corrected chi connectivity index (χ0v) is 9.58. The van der Waals surface area contributed by atoms with E-state index in [-0.39, 0.29) is 5.91 Å². The van der Waals surface area contributed by atoms with Crippen molar-refractivity contribution in [2.45, 2.75) is 20.4 Å². The van der Waals surface area contributed by atoms with Gasteiger partial charge in [-0.15, -0.1) is 0 Å². The smallest absolute Gasteiger partial charge is 0.229 e. The van der Waals surface area contributed by atoms with Gasteiger partial charge in [-0.1, -0.05) is 0 Å². The molecule has 0 spiro atoms. The fourth-order valence-electron chi connectivity index (χ4n) is 1.41. The summed E-state index contributed by atoms with van der Waals surface area (Å²) >= 11 is 0. The highest BCUT2D eigenvalue weighted by atomic mass is 16.2. The van der Waals surface area contributed by atoms with Crippen molar-refractivity contribution < 1.29 is 4.79 Å². The second-order valence-corrected chi connectivity index (χ2v) is 4.47. The van der Waals surface area contributed by atoms with Gasteiger partial charge in [0.25, 0.3) is 0 Å². The van der Waals surface area contributed by atoms with Crippen LogP contribution in [0.2, 0.25) is 0 Å². The first kappa shape index (κ1) is 11.8. The minimum atomic E-state index is -0.481. The SMILES string of the molecule is CN(Cc1cc[nH]c1)C(=O)C(C)(C)CN. The van der Waals surface area contributed by atoms with Crippen molar-refractivity contribution in [1.82, 2.24) is 9.88 Å². The lowest BCUT2D eigenvalue weighted by atomic mass is 9.92. The Morgan fingerprint density at radius 1 is 1.60 bits per heavy atom. The predicted molar refractivity (Wildman–Crippen MR) is 60.1 cm³/mol. The van der Waals surface area contributed by atoms with Gasteiger partial charge in [0.2, 0.25) is 5.91 Å². The lowest BCUT2D eigenvalue weighted by molar-refractivity contribution is -0.139. The van der Waals surface area contributed by atoms with E-state index in [1.807, 2.05) is 32.3 Å². The number of hydrogen-bond donors (Lipinski definition) is 2. The van der Waals surface area contributed by atoms with Crippen molar-refractivity contribution >= 4 is 5.91 Å². The van der Waals surface area contributed by atoms with Gasteiger partial charge < -0.3 is 15.6 Å². The van der Waals surface area contributed by atoms with E-state index in [2.05, 4.69) is 4.98 Å². The van der Waals surface area contributed by atoms with Crippen LogP contribution in [-0.4, -0.2) is 29.4 Å². The number of rotatable bonds is 4. The molecular formula is C11H19N3O. The maximum atomic E-state index is 12.0. The molecule has 0 radical (unpaired) electrons. The average molecular weight is 209 g/mol. The van der Waals surface area contributed by atoms with Gasteiger partial charge in [-0.2, -0.15) is 0 Å². The summed E-state index contributed by atoms with van der Waals surface area (Å²) in [7, 11) is 1.80. The molecule has 3 N–H and O–H groups in total. The molecule has 0 saturated heterocycles. The maximum Gasteiger partial charge on any atom is 0.229 e. The molecule has 0 aromatic carbocycles. The third-order valence-electron chi connectivity index (χ3n) is 2.52. The van der Waals surface area contributed by atoms with Crippen LogP contribution < -0.4 is 5.73 Å². The van der Waals surface area contributed by atoms with Crippen LogP contribution in [0.15, 0.2) is 18.5 Å². The summed E-state index contributed by atoms with van der Waals surface area (Å²) in [4.78, 5) is 16.6. The Hall–Kier alpha value is -1.29. The highest BCUT2D eigenvalue weighted by molar-refractivity contribution is 5.81. The zero-order valence-electron chi connectivity index (χ0n) is 9.58. The molecule has 1 aromatic heterocycles. The molecule has 84 valence electrons. The first-order chi connectivity index (χ1) is 6.97. The van der Waals surface area contributed by atoms with Crippen LogP contribution >= 0.6 is 0 Å². The molecule has 1 rings (SSSR count). The van der Waals surface area contributed by atoms with E-state index in [1.165, 1.54) is 0 Å². The van der Waals surface area contributed by atoms with E-state index >= 15 is 0 Å². The molecule has 0 atom stereocenters. The van der Waals surface area contributed by atoms with Crippen LogP contribution in [0.3, 0.4) is 0 Å². The number of nitrogens with two attached hydrogens (primary N) is 1. The number of carbonyl (C=O) groups is 1. The van der Waals surface area contributed by atoms with Gasteiger partial charge in [-0.05, 0) is 25.5 Å². The van der Waals surface area contributed by atoms with Gasteiger partial charge in [-0.3, -0.25) is 4.79 Å². The summed E-state index contributed by atoms with van der Waals surface area (Å²) < 4.78 is 0. The standard InChI is InChI=1S/C11H19N3O/c1-11(2,8-12)10(15)14(3)7-9-4-5-13-6-9/h4-6,13H,7-8,12H2,1-3H3. The molecule has 1 aromatic rings. The molecule has 4 heteroatoms. The lowest BCUT2D eigenvalue weighted by Crippen LogP contribution is -2.42. The Morgan fingerprint density at radius 2 is 2.27 bits per heavy atom. The van der Waals surface area contributed by atoms with E-state index in [0.717, 1.165) is 5.56 Å². The number of amides is 1. The topological polar surface area (TPSA) is 62.1 Å². The maximum absolute atomic E-state index is 12.0. The fraction of sp³-hybridized carbons (Fsp3) is 0.545. The van der Waals surface area contributed by atoms with Gasteiger partial charge in [0.1, 0.15) is 0 Å². The molecule has 0 fully saturated rings. The Balaban J connectivity index is 2.61. The first-order valence-electron chi connectivity index (χ1n) is 5.04. The predicted octanol–water partition coefficient (Wildman–Crippen LogP) is 0.958. The molecule has 15 heavy (non-hydrogen) atoms. The van der Waals surface area contributed by atoms with Crippen LogP contribution in [0.25, 0.3) is 0 Å². The average Bonchev–Trinajstić information content (AvgIpc) is 2.69. The zero-order chi connectivity index (χ0) is 11.5. The van der Waals surface area contributed by atoms with E-state index in [1.54, 1.807) is 11.9 Å². The van der Waals surface area contributed by atoms with Crippen molar-refractivity contribution in [2.24, 2.45) is 11.1 Å². The Bertz CT molecular complexity index is 317. The van der Waals surface area contributed by atoms with Crippen LogP contribution in [-0.2, 0) is 11.3 Å². The molecule has 1 heterocycles. The minimum absolute atomic E-state index is 0.0752. The van der Waals surface area contributed by atoms with Crippen LogP contribution in [0.5, 0.6) is 0 Å².